The minimum atomic E-state index is -0.852. The molecule has 2 rings (SSSR count). The molecule has 0 aliphatic heterocycles. The third-order valence-corrected chi connectivity index (χ3v) is 4.58. The van der Waals surface area contributed by atoms with E-state index in [1.807, 2.05) is 31.2 Å². The molecule has 0 aliphatic rings. The van der Waals surface area contributed by atoms with Crippen molar-refractivity contribution in [2.24, 2.45) is 0 Å². The summed E-state index contributed by atoms with van der Waals surface area (Å²) in [5, 5.41) is 2.78. The fourth-order valence-corrected chi connectivity index (χ4v) is 2.94. The van der Waals surface area contributed by atoms with Gasteiger partial charge in [0, 0.05) is 0 Å². The van der Waals surface area contributed by atoms with Gasteiger partial charge in [0.05, 0.1) is 19.1 Å². The molecule has 8 heteroatoms. The van der Waals surface area contributed by atoms with Crippen molar-refractivity contribution < 1.29 is 4.79 Å². The zero-order valence-electron chi connectivity index (χ0n) is 16.8. The summed E-state index contributed by atoms with van der Waals surface area (Å²) >= 11 is 0. The molecule has 0 aliphatic carbocycles. The topological polar surface area (TPSA) is 95.1 Å². The molecule has 1 heterocycles. The molecule has 29 heavy (non-hydrogen) atoms. The Balaban J connectivity index is 2.32. The van der Waals surface area contributed by atoms with Crippen molar-refractivity contribution in [1.82, 2.24) is 19.0 Å². The Morgan fingerprint density at radius 2 is 1.45 bits per heavy atom. The number of carbonyl (C=O) groups excluding carboxylic acids is 1. The van der Waals surface area contributed by atoms with E-state index < -0.39 is 29.5 Å². The van der Waals surface area contributed by atoms with Gasteiger partial charge in [-0.3, -0.25) is 4.79 Å². The summed E-state index contributed by atoms with van der Waals surface area (Å²) in [6.07, 6.45) is 3.66. The van der Waals surface area contributed by atoms with E-state index in [0.29, 0.717) is 0 Å². The van der Waals surface area contributed by atoms with E-state index in [1.165, 1.54) is 17.7 Å². The summed E-state index contributed by atoms with van der Waals surface area (Å²) in [5.74, 6) is -0.509. The van der Waals surface area contributed by atoms with Gasteiger partial charge in [0.25, 0.3) is 0 Å². The lowest BCUT2D eigenvalue weighted by Crippen LogP contribution is -2.55. The predicted molar refractivity (Wildman–Crippen MR) is 112 cm³/mol. The molecule has 1 atom stereocenters. The molecule has 0 radical (unpaired) electrons. The first-order chi connectivity index (χ1) is 13.8. The highest BCUT2D eigenvalue weighted by Crippen LogP contribution is 2.13. The van der Waals surface area contributed by atoms with Gasteiger partial charge in [0.2, 0.25) is 5.91 Å². The Hall–Kier alpha value is -3.42. The smallest absolute Gasteiger partial charge is 0.337 e. The van der Waals surface area contributed by atoms with Crippen LogP contribution < -0.4 is 22.4 Å². The quantitative estimate of drug-likeness (QED) is 0.637. The SMILES string of the molecule is C=CCn1c(=O)n(CC=C)c(=O)n(CC(=O)NC(C)c2ccc(CC)cc2)c1=O. The fourth-order valence-electron chi connectivity index (χ4n) is 2.94. The van der Waals surface area contributed by atoms with Crippen LogP contribution in [0, 0.1) is 0 Å². The maximum atomic E-state index is 12.6. The van der Waals surface area contributed by atoms with Crippen LogP contribution in [-0.2, 0) is 30.8 Å². The van der Waals surface area contributed by atoms with E-state index in [2.05, 4.69) is 25.4 Å². The first-order valence-electron chi connectivity index (χ1n) is 9.38. The monoisotopic (exact) mass is 398 g/mol. The van der Waals surface area contributed by atoms with Gasteiger partial charge < -0.3 is 5.32 Å². The van der Waals surface area contributed by atoms with E-state index in [-0.39, 0.29) is 19.1 Å². The van der Waals surface area contributed by atoms with Crippen molar-refractivity contribution in [2.45, 2.75) is 45.9 Å². The van der Waals surface area contributed by atoms with Crippen LogP contribution in [0.1, 0.15) is 31.0 Å². The molecule has 0 bridgehead atoms. The molecule has 1 amide bonds. The Labute approximate surface area is 168 Å². The second-order valence-corrected chi connectivity index (χ2v) is 6.62. The lowest BCUT2D eigenvalue weighted by molar-refractivity contribution is -0.122. The molecular weight excluding hydrogens is 372 g/mol. The summed E-state index contributed by atoms with van der Waals surface area (Å²) in [6, 6.07) is 7.52. The average molecular weight is 398 g/mol. The number of amides is 1. The first kappa shape index (κ1) is 21.9. The fraction of sp³-hybridized carbons (Fsp3) is 0.333. The molecule has 8 nitrogen and oxygen atoms in total. The van der Waals surface area contributed by atoms with Gasteiger partial charge in [-0.05, 0) is 24.5 Å². The Morgan fingerprint density at radius 1 is 0.966 bits per heavy atom. The van der Waals surface area contributed by atoms with E-state index in [9.17, 15) is 19.2 Å². The summed E-state index contributed by atoms with van der Waals surface area (Å²) in [5.41, 5.74) is -0.374. The summed E-state index contributed by atoms with van der Waals surface area (Å²) < 4.78 is 2.47. The predicted octanol–water partition coefficient (Wildman–Crippen LogP) is 0.983. The number of aryl methyl sites for hydroxylation is 1. The average Bonchev–Trinajstić information content (AvgIpc) is 2.71. The number of hydrogen-bond donors (Lipinski definition) is 1. The van der Waals surface area contributed by atoms with Gasteiger partial charge in [-0.15, -0.1) is 13.2 Å². The van der Waals surface area contributed by atoms with Crippen LogP contribution in [0.25, 0.3) is 0 Å². The van der Waals surface area contributed by atoms with E-state index in [0.717, 1.165) is 25.7 Å². The van der Waals surface area contributed by atoms with Gasteiger partial charge in [-0.1, -0.05) is 43.3 Å². The normalized spacial score (nSPS) is 11.7. The zero-order chi connectivity index (χ0) is 21.6. The molecule has 0 spiro atoms. The van der Waals surface area contributed by atoms with Crippen LogP contribution >= 0.6 is 0 Å². The largest absolute Gasteiger partial charge is 0.348 e. The number of allylic oxidation sites excluding steroid dienone is 2. The Kier molecular flexibility index (Phi) is 7.30. The minimum absolute atomic E-state index is 0.0725. The van der Waals surface area contributed by atoms with Crippen molar-refractivity contribution in [1.29, 1.82) is 0 Å². The maximum absolute atomic E-state index is 12.6. The number of nitrogens with zero attached hydrogens (tertiary/aromatic N) is 3. The highest BCUT2D eigenvalue weighted by Gasteiger charge is 2.17. The lowest BCUT2D eigenvalue weighted by Gasteiger charge is -2.16. The lowest BCUT2D eigenvalue weighted by atomic mass is 10.1. The van der Waals surface area contributed by atoms with Crippen molar-refractivity contribution in [2.75, 3.05) is 0 Å². The third kappa shape index (κ3) is 4.90. The molecule has 1 N–H and O–H groups in total. The van der Waals surface area contributed by atoms with Gasteiger partial charge in [0.1, 0.15) is 6.54 Å². The molecule has 1 aromatic heterocycles. The summed E-state index contributed by atoms with van der Waals surface area (Å²) in [4.78, 5) is 50.0. The molecule has 0 saturated carbocycles. The number of carbonyl (C=O) groups is 1. The van der Waals surface area contributed by atoms with Crippen LogP contribution in [-0.4, -0.2) is 19.6 Å². The number of rotatable bonds is 9. The third-order valence-electron chi connectivity index (χ3n) is 4.58. The van der Waals surface area contributed by atoms with Gasteiger partial charge in [0.15, 0.2) is 0 Å². The zero-order valence-corrected chi connectivity index (χ0v) is 16.8. The van der Waals surface area contributed by atoms with Crippen LogP contribution in [0.4, 0.5) is 0 Å². The van der Waals surface area contributed by atoms with Gasteiger partial charge in [-0.25, -0.2) is 28.1 Å². The van der Waals surface area contributed by atoms with Crippen molar-refractivity contribution >= 4 is 5.91 Å². The molecule has 1 unspecified atom stereocenters. The number of nitrogens with one attached hydrogen (secondary N) is 1. The Bertz CT molecular complexity index is 1030. The van der Waals surface area contributed by atoms with Crippen LogP contribution in [0.5, 0.6) is 0 Å². The number of hydrogen-bond acceptors (Lipinski definition) is 4. The van der Waals surface area contributed by atoms with Crippen LogP contribution in [0.3, 0.4) is 0 Å². The standard InChI is InChI=1S/C21H26N4O4/c1-5-12-23-19(27)24(13-6-2)21(29)25(20(23)28)14-18(26)22-15(4)17-10-8-16(7-3)9-11-17/h5-6,8-11,15H,1-2,7,12-14H2,3-4H3,(H,22,26). The van der Waals surface area contributed by atoms with Crippen molar-refractivity contribution in [3.05, 3.63) is 92.2 Å². The van der Waals surface area contributed by atoms with Crippen molar-refractivity contribution in [3.63, 3.8) is 0 Å². The first-order valence-corrected chi connectivity index (χ1v) is 9.38. The number of benzene rings is 1. The van der Waals surface area contributed by atoms with E-state index in [1.54, 1.807) is 0 Å². The number of aromatic nitrogens is 3. The second-order valence-electron chi connectivity index (χ2n) is 6.62. The van der Waals surface area contributed by atoms with Gasteiger partial charge in [-0.2, -0.15) is 0 Å². The van der Waals surface area contributed by atoms with E-state index >= 15 is 0 Å². The molecule has 2 aromatic rings. The van der Waals surface area contributed by atoms with Crippen LogP contribution in [0.15, 0.2) is 64.0 Å². The highest BCUT2D eigenvalue weighted by molar-refractivity contribution is 5.76. The van der Waals surface area contributed by atoms with Gasteiger partial charge >= 0.3 is 17.1 Å². The minimum Gasteiger partial charge on any atom is -0.348 e. The maximum Gasteiger partial charge on any atom is 0.337 e. The van der Waals surface area contributed by atoms with Crippen molar-refractivity contribution in [3.8, 4) is 0 Å². The van der Waals surface area contributed by atoms with Crippen LogP contribution in [0.2, 0.25) is 0 Å². The second kappa shape index (κ2) is 9.68. The summed E-state index contributed by atoms with van der Waals surface area (Å²) in [7, 11) is 0. The molecular formula is C21H26N4O4. The molecule has 1 aromatic carbocycles. The Morgan fingerprint density at radius 3 is 1.90 bits per heavy atom. The highest BCUT2D eigenvalue weighted by atomic mass is 16.2. The van der Waals surface area contributed by atoms with E-state index in [4.69, 9.17) is 0 Å². The molecule has 154 valence electrons. The molecule has 0 fully saturated rings. The molecule has 0 saturated heterocycles. The summed E-state index contributed by atoms with van der Waals surface area (Å²) in [6.45, 7) is 10.3.